The number of rotatable bonds is 3. The summed E-state index contributed by atoms with van der Waals surface area (Å²) >= 11 is 3.59. The number of benzene rings is 1. The number of nitrogens with one attached hydrogen (secondary N) is 1. The first-order chi connectivity index (χ1) is 8.33. The zero-order chi connectivity index (χ0) is 11.7. The number of aryl methyl sites for hydroxylation is 1. The van der Waals surface area contributed by atoms with Gasteiger partial charge in [-0.05, 0) is 54.9 Å². The van der Waals surface area contributed by atoms with E-state index in [9.17, 15) is 0 Å². The molecule has 2 heteroatoms. The molecule has 0 spiro atoms. The zero-order valence-electron chi connectivity index (χ0n) is 10.2. The lowest BCUT2D eigenvalue weighted by atomic mass is 10.0. The lowest BCUT2D eigenvalue weighted by Gasteiger charge is -2.17. The molecule has 2 aliphatic carbocycles. The highest BCUT2D eigenvalue weighted by Gasteiger charge is 2.24. The van der Waals surface area contributed by atoms with Crippen LogP contribution < -0.4 is 5.32 Å². The van der Waals surface area contributed by atoms with E-state index in [0.29, 0.717) is 0 Å². The molecule has 0 aromatic heterocycles. The van der Waals surface area contributed by atoms with E-state index in [1.165, 1.54) is 49.5 Å². The van der Waals surface area contributed by atoms with Crippen LogP contribution in [0.25, 0.3) is 0 Å². The summed E-state index contributed by atoms with van der Waals surface area (Å²) in [6.07, 6.45) is 8.20. The third-order valence-electron chi connectivity index (χ3n) is 4.32. The van der Waals surface area contributed by atoms with Crippen LogP contribution in [0.3, 0.4) is 0 Å². The average Bonchev–Trinajstić information content (AvgIpc) is 2.94. The third-order valence-corrected chi connectivity index (χ3v) is 4.81. The molecular weight excluding hydrogens is 274 g/mol. The Morgan fingerprint density at radius 1 is 1.18 bits per heavy atom. The third kappa shape index (κ3) is 2.58. The molecule has 3 rings (SSSR count). The fourth-order valence-electron chi connectivity index (χ4n) is 3.31. The molecule has 1 unspecified atom stereocenters. The molecule has 1 saturated carbocycles. The van der Waals surface area contributed by atoms with Crippen LogP contribution in [-0.4, -0.2) is 12.6 Å². The van der Waals surface area contributed by atoms with Gasteiger partial charge in [0.15, 0.2) is 0 Å². The van der Waals surface area contributed by atoms with Crippen molar-refractivity contribution < 1.29 is 0 Å². The molecule has 0 radical (unpaired) electrons. The van der Waals surface area contributed by atoms with Gasteiger partial charge in [0.25, 0.3) is 0 Å². The maximum atomic E-state index is 3.77. The first-order valence-electron chi connectivity index (χ1n) is 6.84. The summed E-state index contributed by atoms with van der Waals surface area (Å²) in [6, 6.07) is 7.58. The largest absolute Gasteiger partial charge is 0.313 e. The Hall–Kier alpha value is -0.340. The smallest absolute Gasteiger partial charge is 0.0178 e. The molecule has 17 heavy (non-hydrogen) atoms. The normalized spacial score (nSPS) is 24.2. The maximum Gasteiger partial charge on any atom is 0.0178 e. The van der Waals surface area contributed by atoms with Crippen LogP contribution in [0.1, 0.15) is 49.1 Å². The molecule has 0 aliphatic heterocycles. The van der Waals surface area contributed by atoms with E-state index in [1.54, 1.807) is 11.1 Å². The van der Waals surface area contributed by atoms with Gasteiger partial charge in [-0.3, -0.25) is 0 Å². The minimum absolute atomic E-state index is 0.739. The van der Waals surface area contributed by atoms with Gasteiger partial charge in [0.05, 0.1) is 0 Å². The number of fused-ring (bicyclic) bond motifs is 1. The van der Waals surface area contributed by atoms with Crippen LogP contribution in [0.2, 0.25) is 0 Å². The molecule has 92 valence electrons. The Bertz CT molecular complexity index is 396. The van der Waals surface area contributed by atoms with Crippen molar-refractivity contribution >= 4 is 15.9 Å². The van der Waals surface area contributed by atoms with Crippen molar-refractivity contribution in [3.63, 3.8) is 0 Å². The SMILES string of the molecule is Brc1ccc2c(c1)C(CNC1CCCC1)CC2. The average molecular weight is 294 g/mol. The van der Waals surface area contributed by atoms with E-state index < -0.39 is 0 Å². The monoisotopic (exact) mass is 293 g/mol. The summed E-state index contributed by atoms with van der Waals surface area (Å²) in [6.45, 7) is 1.17. The molecule has 1 nitrogen and oxygen atoms in total. The van der Waals surface area contributed by atoms with Crippen molar-refractivity contribution in [3.05, 3.63) is 33.8 Å². The van der Waals surface area contributed by atoms with Gasteiger partial charge in [0.1, 0.15) is 0 Å². The van der Waals surface area contributed by atoms with Crippen molar-refractivity contribution in [1.82, 2.24) is 5.32 Å². The maximum absolute atomic E-state index is 3.77. The Kier molecular flexibility index (Phi) is 3.53. The lowest BCUT2D eigenvalue weighted by molar-refractivity contribution is 0.486. The number of hydrogen-bond acceptors (Lipinski definition) is 1. The van der Waals surface area contributed by atoms with E-state index in [4.69, 9.17) is 0 Å². The van der Waals surface area contributed by atoms with Gasteiger partial charge in [-0.15, -0.1) is 0 Å². The first-order valence-corrected chi connectivity index (χ1v) is 7.64. The first kappa shape index (κ1) is 11.7. The molecule has 2 aliphatic rings. The quantitative estimate of drug-likeness (QED) is 0.888. The second-order valence-electron chi connectivity index (χ2n) is 5.47. The van der Waals surface area contributed by atoms with E-state index >= 15 is 0 Å². The Morgan fingerprint density at radius 3 is 2.82 bits per heavy atom. The molecule has 0 saturated heterocycles. The van der Waals surface area contributed by atoms with Crippen molar-refractivity contribution in [1.29, 1.82) is 0 Å². The molecule has 1 fully saturated rings. The van der Waals surface area contributed by atoms with Crippen molar-refractivity contribution in [3.8, 4) is 0 Å². The number of hydrogen-bond donors (Lipinski definition) is 1. The number of halogens is 1. The Morgan fingerprint density at radius 2 is 2.00 bits per heavy atom. The van der Waals surface area contributed by atoms with Crippen molar-refractivity contribution in [2.75, 3.05) is 6.54 Å². The van der Waals surface area contributed by atoms with Crippen molar-refractivity contribution in [2.24, 2.45) is 0 Å². The zero-order valence-corrected chi connectivity index (χ0v) is 11.8. The molecule has 0 amide bonds. The summed E-state index contributed by atoms with van der Waals surface area (Å²) in [7, 11) is 0. The fraction of sp³-hybridized carbons (Fsp3) is 0.600. The molecule has 0 heterocycles. The van der Waals surface area contributed by atoms with E-state index in [1.807, 2.05) is 0 Å². The predicted molar refractivity (Wildman–Crippen MR) is 75.5 cm³/mol. The standard InChI is InChI=1S/C15H20BrN/c16-13-8-7-11-5-6-12(15(11)9-13)10-17-14-3-1-2-4-14/h7-9,12,14,17H,1-6,10H2. The lowest BCUT2D eigenvalue weighted by Crippen LogP contribution is -2.29. The molecule has 0 bridgehead atoms. The van der Waals surface area contributed by atoms with Crippen molar-refractivity contribution in [2.45, 2.75) is 50.5 Å². The van der Waals surface area contributed by atoms with Gasteiger partial charge in [-0.25, -0.2) is 0 Å². The fourth-order valence-corrected chi connectivity index (χ4v) is 3.69. The van der Waals surface area contributed by atoms with Crippen LogP contribution in [0, 0.1) is 0 Å². The predicted octanol–water partition coefficient (Wildman–Crippen LogP) is 4.01. The van der Waals surface area contributed by atoms with Gasteiger partial charge in [0.2, 0.25) is 0 Å². The minimum Gasteiger partial charge on any atom is -0.313 e. The minimum atomic E-state index is 0.739. The summed E-state index contributed by atoms with van der Waals surface area (Å²) < 4.78 is 1.23. The van der Waals surface area contributed by atoms with Gasteiger partial charge in [-0.1, -0.05) is 34.8 Å². The second-order valence-corrected chi connectivity index (χ2v) is 6.38. The molecule has 1 aromatic carbocycles. The van der Waals surface area contributed by atoms with E-state index in [0.717, 1.165) is 12.0 Å². The molecular formula is C15H20BrN. The molecule has 1 N–H and O–H groups in total. The van der Waals surface area contributed by atoms with Gasteiger partial charge >= 0.3 is 0 Å². The second kappa shape index (κ2) is 5.11. The molecule has 1 atom stereocenters. The highest BCUT2D eigenvalue weighted by Crippen LogP contribution is 2.34. The highest BCUT2D eigenvalue weighted by atomic mass is 79.9. The van der Waals surface area contributed by atoms with E-state index in [-0.39, 0.29) is 0 Å². The summed E-state index contributed by atoms with van der Waals surface area (Å²) in [4.78, 5) is 0. The summed E-state index contributed by atoms with van der Waals surface area (Å²) in [5, 5.41) is 3.77. The van der Waals surface area contributed by atoms with Crippen LogP contribution in [0.15, 0.2) is 22.7 Å². The summed E-state index contributed by atoms with van der Waals surface area (Å²) in [5.74, 6) is 0.739. The topological polar surface area (TPSA) is 12.0 Å². The van der Waals surface area contributed by atoms with Crippen LogP contribution in [0.5, 0.6) is 0 Å². The van der Waals surface area contributed by atoms with Crippen LogP contribution in [0.4, 0.5) is 0 Å². The van der Waals surface area contributed by atoms with E-state index in [2.05, 4.69) is 39.4 Å². The van der Waals surface area contributed by atoms with Gasteiger partial charge in [0, 0.05) is 17.1 Å². The Balaban J connectivity index is 1.64. The molecule has 1 aromatic rings. The van der Waals surface area contributed by atoms with Gasteiger partial charge in [-0.2, -0.15) is 0 Å². The van der Waals surface area contributed by atoms with Crippen LogP contribution in [-0.2, 0) is 6.42 Å². The van der Waals surface area contributed by atoms with Gasteiger partial charge < -0.3 is 5.32 Å². The van der Waals surface area contributed by atoms with Crippen LogP contribution >= 0.6 is 15.9 Å². The highest BCUT2D eigenvalue weighted by molar-refractivity contribution is 9.10. The Labute approximate surface area is 112 Å². The summed E-state index contributed by atoms with van der Waals surface area (Å²) in [5.41, 5.74) is 3.14.